The molecule has 1 aromatic rings. The maximum absolute atomic E-state index is 11.6. The molecule has 0 spiro atoms. The van der Waals surface area contributed by atoms with E-state index in [9.17, 15) is 9.59 Å². The highest BCUT2D eigenvalue weighted by atomic mass is 79.9. The Bertz CT molecular complexity index is 462. The van der Waals surface area contributed by atoms with Gasteiger partial charge in [-0.25, -0.2) is 4.79 Å². The molecule has 0 radical (unpaired) electrons. The SMILES string of the molecule is CC(C)CC(CNC(=O)NCc1ccc(Br)s1)C(=O)O. The zero-order valence-electron chi connectivity index (χ0n) is 11.5. The number of carbonyl (C=O) groups is 2. The Kier molecular flexibility index (Phi) is 7.01. The predicted molar refractivity (Wildman–Crippen MR) is 82.8 cm³/mol. The van der Waals surface area contributed by atoms with Crippen molar-refractivity contribution in [3.8, 4) is 0 Å². The van der Waals surface area contributed by atoms with Crippen LogP contribution in [-0.4, -0.2) is 23.7 Å². The molecular formula is C13H19BrN2O3S. The van der Waals surface area contributed by atoms with Gasteiger partial charge in [0, 0.05) is 11.4 Å². The van der Waals surface area contributed by atoms with E-state index < -0.39 is 11.9 Å². The third-order valence-electron chi connectivity index (χ3n) is 2.67. The van der Waals surface area contributed by atoms with Crippen LogP contribution in [0.5, 0.6) is 0 Å². The molecule has 1 rings (SSSR count). The van der Waals surface area contributed by atoms with Crippen molar-refractivity contribution in [2.45, 2.75) is 26.8 Å². The molecular weight excluding hydrogens is 344 g/mol. The fourth-order valence-electron chi connectivity index (χ4n) is 1.73. The molecule has 0 aromatic carbocycles. The fourth-order valence-corrected chi connectivity index (χ4v) is 3.16. The summed E-state index contributed by atoms with van der Waals surface area (Å²) in [5, 5.41) is 14.4. The molecule has 7 heteroatoms. The molecule has 1 aromatic heterocycles. The third kappa shape index (κ3) is 6.38. The van der Waals surface area contributed by atoms with Crippen molar-refractivity contribution in [2.24, 2.45) is 11.8 Å². The normalized spacial score (nSPS) is 12.2. The first kappa shape index (κ1) is 17.0. The molecule has 0 fully saturated rings. The number of amides is 2. The molecule has 112 valence electrons. The number of hydrogen-bond acceptors (Lipinski definition) is 3. The van der Waals surface area contributed by atoms with Gasteiger partial charge in [-0.3, -0.25) is 4.79 Å². The summed E-state index contributed by atoms with van der Waals surface area (Å²) in [6.07, 6.45) is 0.549. The molecule has 1 unspecified atom stereocenters. The lowest BCUT2D eigenvalue weighted by Crippen LogP contribution is -2.39. The van der Waals surface area contributed by atoms with Crippen LogP contribution in [0.1, 0.15) is 25.1 Å². The number of halogens is 1. The van der Waals surface area contributed by atoms with Gasteiger partial charge in [-0.15, -0.1) is 11.3 Å². The monoisotopic (exact) mass is 362 g/mol. The van der Waals surface area contributed by atoms with Crippen molar-refractivity contribution in [3.63, 3.8) is 0 Å². The Morgan fingerprint density at radius 2 is 2.05 bits per heavy atom. The van der Waals surface area contributed by atoms with E-state index in [1.54, 1.807) is 11.3 Å². The number of carboxylic acids is 1. The van der Waals surface area contributed by atoms with E-state index in [0.717, 1.165) is 8.66 Å². The van der Waals surface area contributed by atoms with Gasteiger partial charge >= 0.3 is 12.0 Å². The van der Waals surface area contributed by atoms with Crippen LogP contribution < -0.4 is 10.6 Å². The van der Waals surface area contributed by atoms with Crippen LogP contribution in [0.2, 0.25) is 0 Å². The second-order valence-corrected chi connectivity index (χ2v) is 7.48. The molecule has 20 heavy (non-hydrogen) atoms. The number of aliphatic carboxylic acids is 1. The van der Waals surface area contributed by atoms with Crippen molar-refractivity contribution in [1.82, 2.24) is 10.6 Å². The van der Waals surface area contributed by atoms with Crippen molar-refractivity contribution < 1.29 is 14.7 Å². The highest BCUT2D eigenvalue weighted by molar-refractivity contribution is 9.11. The molecule has 0 saturated heterocycles. The standard InChI is InChI=1S/C13H19BrN2O3S/c1-8(2)5-9(12(17)18)6-15-13(19)16-7-10-3-4-11(14)20-10/h3-4,8-9H,5-7H2,1-2H3,(H,17,18)(H2,15,16,19). The molecule has 0 aliphatic heterocycles. The lowest BCUT2D eigenvalue weighted by molar-refractivity contribution is -0.142. The highest BCUT2D eigenvalue weighted by Gasteiger charge is 2.19. The van der Waals surface area contributed by atoms with Gasteiger partial charge in [-0.2, -0.15) is 0 Å². The van der Waals surface area contributed by atoms with E-state index in [1.807, 2.05) is 26.0 Å². The maximum atomic E-state index is 11.6. The molecule has 0 aliphatic rings. The van der Waals surface area contributed by atoms with Crippen molar-refractivity contribution in [2.75, 3.05) is 6.54 Å². The topological polar surface area (TPSA) is 78.4 Å². The molecule has 3 N–H and O–H groups in total. The minimum absolute atomic E-state index is 0.146. The van der Waals surface area contributed by atoms with Gasteiger partial charge in [0.05, 0.1) is 16.2 Å². The van der Waals surface area contributed by atoms with Gasteiger partial charge in [0.15, 0.2) is 0 Å². The Morgan fingerprint density at radius 3 is 2.55 bits per heavy atom. The summed E-state index contributed by atoms with van der Waals surface area (Å²) < 4.78 is 1.01. The number of carbonyl (C=O) groups excluding carboxylic acids is 1. The predicted octanol–water partition coefficient (Wildman–Crippen LogP) is 3.06. The quantitative estimate of drug-likeness (QED) is 0.697. The average molecular weight is 363 g/mol. The Morgan fingerprint density at radius 1 is 1.35 bits per heavy atom. The first-order chi connectivity index (χ1) is 9.38. The van der Waals surface area contributed by atoms with Crippen molar-refractivity contribution in [1.29, 1.82) is 0 Å². The fraction of sp³-hybridized carbons (Fsp3) is 0.538. The molecule has 1 heterocycles. The maximum Gasteiger partial charge on any atom is 0.315 e. The second-order valence-electron chi connectivity index (χ2n) is 4.93. The van der Waals surface area contributed by atoms with Crippen LogP contribution in [0.15, 0.2) is 15.9 Å². The van der Waals surface area contributed by atoms with Gasteiger partial charge in [-0.1, -0.05) is 13.8 Å². The minimum Gasteiger partial charge on any atom is -0.481 e. The number of urea groups is 1. The largest absolute Gasteiger partial charge is 0.481 e. The summed E-state index contributed by atoms with van der Waals surface area (Å²) in [5.74, 6) is -1.14. The van der Waals surface area contributed by atoms with Gasteiger partial charge in [0.25, 0.3) is 0 Å². The van der Waals surface area contributed by atoms with Gasteiger partial charge in [0.2, 0.25) is 0 Å². The number of nitrogens with one attached hydrogen (secondary N) is 2. The summed E-state index contributed by atoms with van der Waals surface area (Å²) in [5.41, 5.74) is 0. The van der Waals surface area contributed by atoms with E-state index in [4.69, 9.17) is 5.11 Å². The van der Waals surface area contributed by atoms with Gasteiger partial charge in [0.1, 0.15) is 0 Å². The summed E-state index contributed by atoms with van der Waals surface area (Å²) in [6.45, 7) is 4.51. The highest BCUT2D eigenvalue weighted by Crippen LogP contribution is 2.21. The molecule has 1 atom stereocenters. The van der Waals surface area contributed by atoms with Crippen LogP contribution in [-0.2, 0) is 11.3 Å². The number of thiophene rings is 1. The molecule has 0 bridgehead atoms. The summed E-state index contributed by atoms with van der Waals surface area (Å²) >= 11 is 4.90. The zero-order valence-corrected chi connectivity index (χ0v) is 13.9. The molecule has 0 saturated carbocycles. The number of carboxylic acid groups (broad SMARTS) is 1. The van der Waals surface area contributed by atoms with E-state index in [2.05, 4.69) is 26.6 Å². The van der Waals surface area contributed by atoms with E-state index in [0.29, 0.717) is 13.0 Å². The average Bonchev–Trinajstić information content (AvgIpc) is 2.77. The summed E-state index contributed by atoms with van der Waals surface area (Å²) in [6, 6.07) is 3.50. The lowest BCUT2D eigenvalue weighted by Gasteiger charge is -2.15. The molecule has 0 aliphatic carbocycles. The molecule has 5 nitrogen and oxygen atoms in total. The van der Waals surface area contributed by atoms with Crippen molar-refractivity contribution in [3.05, 3.63) is 20.8 Å². The van der Waals surface area contributed by atoms with Crippen molar-refractivity contribution >= 4 is 39.3 Å². The van der Waals surface area contributed by atoms with E-state index >= 15 is 0 Å². The Hall–Kier alpha value is -1.08. The van der Waals surface area contributed by atoms with Crippen LogP contribution in [0.4, 0.5) is 4.79 Å². The van der Waals surface area contributed by atoms with Crippen LogP contribution in [0, 0.1) is 11.8 Å². The lowest BCUT2D eigenvalue weighted by atomic mass is 9.97. The number of rotatable bonds is 7. The van der Waals surface area contributed by atoms with Gasteiger partial charge < -0.3 is 15.7 Å². The zero-order chi connectivity index (χ0) is 15.1. The minimum atomic E-state index is -0.874. The van der Waals surface area contributed by atoms with Crippen LogP contribution in [0.25, 0.3) is 0 Å². The Balaban J connectivity index is 2.32. The summed E-state index contributed by atoms with van der Waals surface area (Å²) in [7, 11) is 0. The number of hydrogen-bond donors (Lipinski definition) is 3. The third-order valence-corrected chi connectivity index (χ3v) is 4.29. The Labute approximate surface area is 130 Å². The summed E-state index contributed by atoms with van der Waals surface area (Å²) in [4.78, 5) is 23.7. The van der Waals surface area contributed by atoms with Crippen LogP contribution >= 0.6 is 27.3 Å². The van der Waals surface area contributed by atoms with E-state index in [-0.39, 0.29) is 18.5 Å². The van der Waals surface area contributed by atoms with Gasteiger partial charge in [-0.05, 0) is 40.4 Å². The van der Waals surface area contributed by atoms with Crippen LogP contribution in [0.3, 0.4) is 0 Å². The van der Waals surface area contributed by atoms with E-state index in [1.165, 1.54) is 0 Å². The first-order valence-electron chi connectivity index (χ1n) is 6.37. The smallest absolute Gasteiger partial charge is 0.315 e. The first-order valence-corrected chi connectivity index (χ1v) is 7.98. The molecule has 2 amide bonds. The second kappa shape index (κ2) is 8.26.